The van der Waals surface area contributed by atoms with Crippen LogP contribution < -0.4 is 5.32 Å². The molecule has 0 radical (unpaired) electrons. The van der Waals surface area contributed by atoms with Gasteiger partial charge < -0.3 is 9.72 Å². The van der Waals surface area contributed by atoms with Crippen molar-refractivity contribution in [2.24, 2.45) is 0 Å². The van der Waals surface area contributed by atoms with Crippen molar-refractivity contribution in [3.05, 3.63) is 36.3 Å². The minimum Gasteiger partial charge on any atom is -0.313 e. The Morgan fingerprint density at radius 2 is 2.24 bits per heavy atom. The topological polar surface area (TPSA) is 32.6 Å². The maximum atomic E-state index is 4.46. The van der Waals surface area contributed by atoms with E-state index in [0.29, 0.717) is 12.1 Å². The Labute approximate surface area is 101 Å². The predicted molar refractivity (Wildman–Crippen MR) is 68.0 cm³/mol. The zero-order chi connectivity index (χ0) is 11.8. The zero-order valence-electron chi connectivity index (χ0n) is 10.3. The van der Waals surface area contributed by atoms with Crippen molar-refractivity contribution in [3.63, 3.8) is 0 Å². The second-order valence-electron chi connectivity index (χ2n) is 4.80. The summed E-state index contributed by atoms with van der Waals surface area (Å²) < 4.78 is 2.18. The van der Waals surface area contributed by atoms with Gasteiger partial charge in [-0.2, -0.15) is 0 Å². The number of imidazole rings is 1. The Bertz CT molecular complexity index is 519. The van der Waals surface area contributed by atoms with Gasteiger partial charge in [0.1, 0.15) is 5.65 Å². The molecule has 1 saturated heterocycles. The average Bonchev–Trinajstić information content (AvgIpc) is 2.77. The Balaban J connectivity index is 2.03. The number of hydrogen-bond acceptors (Lipinski definition) is 3. The Morgan fingerprint density at radius 3 is 3.12 bits per heavy atom. The lowest BCUT2D eigenvalue weighted by molar-refractivity contribution is 0.138. The molecule has 3 heterocycles. The van der Waals surface area contributed by atoms with Crippen molar-refractivity contribution in [1.29, 1.82) is 0 Å². The van der Waals surface area contributed by atoms with Crippen molar-refractivity contribution in [2.75, 3.05) is 20.1 Å². The summed E-state index contributed by atoms with van der Waals surface area (Å²) in [6.45, 7) is 4.30. The molecular formula is C13H18N4. The van der Waals surface area contributed by atoms with Gasteiger partial charge in [-0.15, -0.1) is 0 Å². The summed E-state index contributed by atoms with van der Waals surface area (Å²) in [5.41, 5.74) is 2.29. The van der Waals surface area contributed by atoms with Crippen molar-refractivity contribution >= 4 is 5.65 Å². The lowest BCUT2D eigenvalue weighted by Gasteiger charge is -2.38. The average molecular weight is 230 g/mol. The number of nitrogens with one attached hydrogen (secondary N) is 1. The summed E-state index contributed by atoms with van der Waals surface area (Å²) in [6, 6.07) is 7.08. The van der Waals surface area contributed by atoms with Crippen molar-refractivity contribution in [2.45, 2.75) is 19.0 Å². The number of rotatable bonds is 1. The molecule has 0 bridgehead atoms. The SMILES string of the molecule is C[C@H]1CNCC(c2cnc3ccccn23)N1C. The van der Waals surface area contributed by atoms with Crippen LogP contribution in [0.25, 0.3) is 5.65 Å². The van der Waals surface area contributed by atoms with E-state index >= 15 is 0 Å². The molecule has 1 N–H and O–H groups in total. The van der Waals surface area contributed by atoms with E-state index in [-0.39, 0.29) is 0 Å². The number of pyridine rings is 1. The van der Waals surface area contributed by atoms with Crippen LogP contribution in [0.1, 0.15) is 18.7 Å². The molecule has 1 fully saturated rings. The van der Waals surface area contributed by atoms with E-state index in [0.717, 1.165) is 18.7 Å². The van der Waals surface area contributed by atoms with Crippen LogP contribution in [0, 0.1) is 0 Å². The zero-order valence-corrected chi connectivity index (χ0v) is 10.3. The van der Waals surface area contributed by atoms with Gasteiger partial charge in [0.15, 0.2) is 0 Å². The van der Waals surface area contributed by atoms with E-state index in [1.165, 1.54) is 5.69 Å². The van der Waals surface area contributed by atoms with E-state index in [1.54, 1.807) is 0 Å². The van der Waals surface area contributed by atoms with Gasteiger partial charge >= 0.3 is 0 Å². The van der Waals surface area contributed by atoms with Gasteiger partial charge in [0.05, 0.1) is 17.9 Å². The minimum absolute atomic E-state index is 0.399. The fourth-order valence-electron chi connectivity index (χ4n) is 2.54. The Morgan fingerprint density at radius 1 is 1.35 bits per heavy atom. The van der Waals surface area contributed by atoms with Gasteiger partial charge in [0.25, 0.3) is 0 Å². The fourth-order valence-corrected chi connectivity index (χ4v) is 2.54. The Hall–Kier alpha value is -1.39. The highest BCUT2D eigenvalue weighted by atomic mass is 15.2. The first-order valence-corrected chi connectivity index (χ1v) is 6.12. The molecule has 2 aromatic heterocycles. The van der Waals surface area contributed by atoms with Gasteiger partial charge in [0.2, 0.25) is 0 Å². The van der Waals surface area contributed by atoms with E-state index in [9.17, 15) is 0 Å². The third-order valence-corrected chi connectivity index (χ3v) is 3.75. The van der Waals surface area contributed by atoms with Crippen LogP contribution >= 0.6 is 0 Å². The molecule has 2 atom stereocenters. The Kier molecular flexibility index (Phi) is 2.61. The lowest BCUT2D eigenvalue weighted by atomic mass is 10.1. The van der Waals surface area contributed by atoms with Crippen molar-refractivity contribution in [3.8, 4) is 0 Å². The molecule has 0 saturated carbocycles. The molecule has 4 nitrogen and oxygen atoms in total. The summed E-state index contributed by atoms with van der Waals surface area (Å²) in [5.74, 6) is 0. The first kappa shape index (κ1) is 10.7. The first-order valence-electron chi connectivity index (χ1n) is 6.12. The smallest absolute Gasteiger partial charge is 0.136 e. The van der Waals surface area contributed by atoms with Gasteiger partial charge in [-0.05, 0) is 26.1 Å². The third kappa shape index (κ3) is 1.73. The summed E-state index contributed by atoms with van der Waals surface area (Å²) in [4.78, 5) is 6.89. The standard InChI is InChI=1S/C13H18N4/c1-10-7-14-8-11(16(10)2)12-9-15-13-5-3-4-6-17(12)13/h3-6,9-11,14H,7-8H2,1-2H3/t10-,11?/m0/s1. The predicted octanol–water partition coefficient (Wildman–Crippen LogP) is 1.30. The molecule has 1 aliphatic rings. The fraction of sp³-hybridized carbons (Fsp3) is 0.462. The van der Waals surface area contributed by atoms with Crippen LogP contribution in [0.3, 0.4) is 0 Å². The van der Waals surface area contributed by atoms with E-state index in [4.69, 9.17) is 0 Å². The maximum Gasteiger partial charge on any atom is 0.136 e. The quantitative estimate of drug-likeness (QED) is 0.801. The van der Waals surface area contributed by atoms with Crippen LogP contribution in [0.4, 0.5) is 0 Å². The molecule has 0 spiro atoms. The number of aromatic nitrogens is 2. The van der Waals surface area contributed by atoms with Crippen molar-refractivity contribution < 1.29 is 0 Å². The minimum atomic E-state index is 0.399. The number of likely N-dealkylation sites (N-methyl/N-ethyl adjacent to an activating group) is 1. The lowest BCUT2D eigenvalue weighted by Crippen LogP contribution is -2.49. The van der Waals surface area contributed by atoms with Crippen LogP contribution in [-0.2, 0) is 0 Å². The molecule has 0 aromatic carbocycles. The molecule has 3 rings (SSSR count). The number of nitrogens with zero attached hydrogens (tertiary/aromatic N) is 3. The van der Waals surface area contributed by atoms with E-state index in [1.807, 2.05) is 18.3 Å². The van der Waals surface area contributed by atoms with Gasteiger partial charge in [0, 0.05) is 25.3 Å². The highest BCUT2D eigenvalue weighted by Gasteiger charge is 2.27. The van der Waals surface area contributed by atoms with Crippen molar-refractivity contribution in [1.82, 2.24) is 19.6 Å². The molecule has 0 amide bonds. The highest BCUT2D eigenvalue weighted by molar-refractivity contribution is 5.40. The monoisotopic (exact) mass is 230 g/mol. The third-order valence-electron chi connectivity index (χ3n) is 3.75. The molecule has 90 valence electrons. The molecule has 4 heteroatoms. The summed E-state index contributed by atoms with van der Waals surface area (Å²) in [6.07, 6.45) is 4.08. The molecule has 2 aromatic rings. The molecule has 1 aliphatic heterocycles. The summed E-state index contributed by atoms with van der Waals surface area (Å²) in [7, 11) is 2.19. The maximum absolute atomic E-state index is 4.46. The summed E-state index contributed by atoms with van der Waals surface area (Å²) in [5, 5.41) is 3.49. The molecular weight excluding hydrogens is 212 g/mol. The van der Waals surface area contributed by atoms with Crippen LogP contribution in [0.15, 0.2) is 30.6 Å². The van der Waals surface area contributed by atoms with Crippen LogP contribution in [0.2, 0.25) is 0 Å². The second kappa shape index (κ2) is 4.13. The van der Waals surface area contributed by atoms with E-state index in [2.05, 4.69) is 45.8 Å². The molecule has 0 aliphatic carbocycles. The number of fused-ring (bicyclic) bond motifs is 1. The van der Waals surface area contributed by atoms with Crippen LogP contribution in [-0.4, -0.2) is 40.5 Å². The van der Waals surface area contributed by atoms with Crippen LogP contribution in [0.5, 0.6) is 0 Å². The normalized spacial score (nSPS) is 26.5. The van der Waals surface area contributed by atoms with E-state index < -0.39 is 0 Å². The number of hydrogen-bond donors (Lipinski definition) is 1. The second-order valence-corrected chi connectivity index (χ2v) is 4.80. The van der Waals surface area contributed by atoms with Gasteiger partial charge in [-0.3, -0.25) is 4.90 Å². The highest BCUT2D eigenvalue weighted by Crippen LogP contribution is 2.23. The molecule has 1 unspecified atom stereocenters. The van der Waals surface area contributed by atoms with Gasteiger partial charge in [-0.25, -0.2) is 4.98 Å². The summed E-state index contributed by atoms with van der Waals surface area (Å²) >= 11 is 0. The molecule has 17 heavy (non-hydrogen) atoms. The number of piperazine rings is 1. The van der Waals surface area contributed by atoms with Gasteiger partial charge in [-0.1, -0.05) is 6.07 Å². The first-order chi connectivity index (χ1) is 8.27. The largest absolute Gasteiger partial charge is 0.313 e.